The number of methoxy groups -OCH3 is 2. The first-order valence-electron chi connectivity index (χ1n) is 20.0. The molecule has 57 heavy (non-hydrogen) atoms. The second-order valence-corrected chi connectivity index (χ2v) is 15.1. The highest BCUT2D eigenvalue weighted by atomic mass is 16.7. The van der Waals surface area contributed by atoms with Crippen molar-refractivity contribution in [3.63, 3.8) is 0 Å². The molecule has 1 unspecified atom stereocenters. The summed E-state index contributed by atoms with van der Waals surface area (Å²) in [7, 11) is 2.63. The molecule has 2 N–H and O–H groups in total. The summed E-state index contributed by atoms with van der Waals surface area (Å²) >= 11 is 0. The molecule has 0 aromatic carbocycles. The Morgan fingerprint density at radius 2 is 1.56 bits per heavy atom. The Balaban J connectivity index is 1.50. The van der Waals surface area contributed by atoms with Crippen LogP contribution < -0.4 is 5.32 Å². The predicted octanol–water partition coefficient (Wildman–Crippen LogP) is 8.69. The highest BCUT2D eigenvalue weighted by Gasteiger charge is 2.49. The fourth-order valence-corrected chi connectivity index (χ4v) is 8.36. The largest absolute Gasteiger partial charge is 0.510 e. The lowest BCUT2D eigenvalue weighted by Gasteiger charge is -2.20. The number of rotatable bonds is 15. The van der Waals surface area contributed by atoms with Crippen LogP contribution in [0.4, 0.5) is 4.79 Å². The molecule has 6 rings (SSSR count). The van der Waals surface area contributed by atoms with Crippen LogP contribution in [-0.2, 0) is 28.5 Å². The molecule has 302 valence electrons. The van der Waals surface area contributed by atoms with Gasteiger partial charge in [0.15, 0.2) is 0 Å². The van der Waals surface area contributed by atoms with Crippen LogP contribution in [0.1, 0.15) is 92.4 Å². The van der Waals surface area contributed by atoms with Gasteiger partial charge >= 0.3 is 18.1 Å². The number of nitrogens with one attached hydrogen (secondary N) is 1. The van der Waals surface area contributed by atoms with E-state index in [0.717, 1.165) is 71.5 Å². The average Bonchev–Trinajstić information content (AvgIpc) is 3.94. The van der Waals surface area contributed by atoms with Gasteiger partial charge < -0.3 is 29.4 Å². The van der Waals surface area contributed by atoms with E-state index in [9.17, 15) is 19.5 Å². The first kappa shape index (κ1) is 41.1. The van der Waals surface area contributed by atoms with E-state index in [-0.39, 0.29) is 43.2 Å². The first-order chi connectivity index (χ1) is 27.4. The highest BCUT2D eigenvalue weighted by Crippen LogP contribution is 2.49. The van der Waals surface area contributed by atoms with E-state index in [4.69, 9.17) is 33.9 Å². The molecule has 8 bridgehead atoms. The molecular weight excluding hydrogens is 725 g/mol. The van der Waals surface area contributed by atoms with E-state index < -0.39 is 18.0 Å². The van der Waals surface area contributed by atoms with Gasteiger partial charge in [-0.1, -0.05) is 39.2 Å². The Morgan fingerprint density at radius 1 is 0.877 bits per heavy atom. The molecule has 0 radical (unpaired) electrons. The summed E-state index contributed by atoms with van der Waals surface area (Å²) in [5.41, 5.74) is 10.7. The van der Waals surface area contributed by atoms with Crippen molar-refractivity contribution in [2.75, 3.05) is 27.4 Å². The van der Waals surface area contributed by atoms with Crippen molar-refractivity contribution < 1.29 is 38.4 Å². The number of hydrogen-bond donors (Lipinski definition) is 2. The van der Waals surface area contributed by atoms with Gasteiger partial charge in [-0.2, -0.15) is 0 Å². The Morgan fingerprint density at radius 3 is 2.26 bits per heavy atom. The summed E-state index contributed by atoms with van der Waals surface area (Å²) in [6.45, 7) is 13.9. The maximum Gasteiger partial charge on any atom is 0.508 e. The number of allylic oxidation sites excluding steroid dienone is 11. The van der Waals surface area contributed by atoms with E-state index >= 15 is 0 Å². The third-order valence-electron chi connectivity index (χ3n) is 11.7. The molecular formula is C45H54N4O8. The van der Waals surface area contributed by atoms with Gasteiger partial charge in [-0.15, -0.1) is 6.58 Å². The third kappa shape index (κ3) is 8.17. The summed E-state index contributed by atoms with van der Waals surface area (Å²) in [6.07, 6.45) is 14.0. The standard InChI is InChI=1S/C45H54N4O8/c1-9-11-12-13-14-15-16-19-56-44(52)40-39-41-29(17-18-37(50)54-7)25(4)33(48-41)20-31-26(5)30(23-57-45(53)55-8)36(47-31)21-32-24(3)28(10-2)35(46-32)22-34-27(6)38(43(40)51)42(39)49-34/h9,20-22,25,29,40,48,51H,1,10-19,23H2,2-8H3/t25-,29-,40?/m0/s1. The number of fused-ring (bicyclic) bond motifs is 5. The second kappa shape index (κ2) is 17.7. The molecule has 6 aliphatic rings. The summed E-state index contributed by atoms with van der Waals surface area (Å²) < 4.78 is 21.2. The average molecular weight is 779 g/mol. The number of unbranched alkanes of at least 4 members (excludes halogenated alkanes) is 5. The van der Waals surface area contributed by atoms with Gasteiger partial charge in [-0.05, 0) is 93.4 Å². The molecule has 5 aliphatic heterocycles. The van der Waals surface area contributed by atoms with Crippen molar-refractivity contribution in [3.05, 3.63) is 104 Å². The summed E-state index contributed by atoms with van der Waals surface area (Å²) in [4.78, 5) is 54.1. The predicted molar refractivity (Wildman–Crippen MR) is 219 cm³/mol. The maximum absolute atomic E-state index is 14.2. The smallest absolute Gasteiger partial charge is 0.508 e. The van der Waals surface area contributed by atoms with Crippen LogP contribution in [0, 0.1) is 17.8 Å². The number of carbonyl (C=O) groups excluding carboxylic acids is 3. The van der Waals surface area contributed by atoms with E-state index in [1.165, 1.54) is 14.2 Å². The van der Waals surface area contributed by atoms with E-state index in [1.54, 1.807) is 0 Å². The van der Waals surface area contributed by atoms with E-state index in [0.29, 0.717) is 64.5 Å². The normalized spacial score (nSPS) is 22.3. The molecule has 0 aromatic heterocycles. The van der Waals surface area contributed by atoms with Crippen LogP contribution in [0.25, 0.3) is 0 Å². The molecule has 1 saturated heterocycles. The summed E-state index contributed by atoms with van der Waals surface area (Å²) in [5.74, 6) is -2.58. The van der Waals surface area contributed by atoms with Crippen molar-refractivity contribution in [1.29, 1.82) is 0 Å². The number of aliphatic hydroxyl groups is 1. The molecule has 1 fully saturated rings. The number of esters is 2. The summed E-state index contributed by atoms with van der Waals surface area (Å²) in [6, 6.07) is 0. The molecule has 5 heterocycles. The summed E-state index contributed by atoms with van der Waals surface area (Å²) in [5, 5.41) is 15.7. The molecule has 3 atom stereocenters. The van der Waals surface area contributed by atoms with Gasteiger partial charge in [-0.25, -0.2) is 19.8 Å². The van der Waals surface area contributed by atoms with Crippen LogP contribution in [0.3, 0.4) is 0 Å². The molecule has 0 spiro atoms. The van der Waals surface area contributed by atoms with Crippen molar-refractivity contribution >= 4 is 35.2 Å². The molecule has 0 amide bonds. The van der Waals surface area contributed by atoms with E-state index in [2.05, 4.69) is 25.7 Å². The first-order valence-corrected chi connectivity index (χ1v) is 20.0. The lowest BCUT2D eigenvalue weighted by molar-refractivity contribution is -0.146. The second-order valence-electron chi connectivity index (χ2n) is 15.1. The van der Waals surface area contributed by atoms with Crippen LogP contribution in [0.5, 0.6) is 0 Å². The van der Waals surface area contributed by atoms with Crippen LogP contribution in [-0.4, -0.2) is 67.8 Å². The SMILES string of the molecule is C=CCCCCCCCOC(=O)C1C(O)=C2C3=NC(=C2C)C=C2N=C(C=C4N=C(C=C5NC(=C31)[C@@H](CCC(=O)OC)[C@@H]5C)C(C)=C4COC(=O)OC)C(C)=C2CC. The fraction of sp³-hybridized carbons (Fsp3) is 0.467. The number of aliphatic imine (C=N–C) groups is 3. The Labute approximate surface area is 335 Å². The fourth-order valence-electron chi connectivity index (χ4n) is 8.36. The monoisotopic (exact) mass is 778 g/mol. The van der Waals surface area contributed by atoms with Gasteiger partial charge in [-0.3, -0.25) is 9.59 Å². The van der Waals surface area contributed by atoms with Crippen LogP contribution in [0.2, 0.25) is 0 Å². The zero-order valence-electron chi connectivity index (χ0n) is 34.2. The van der Waals surface area contributed by atoms with Crippen LogP contribution >= 0.6 is 0 Å². The molecule has 12 nitrogen and oxygen atoms in total. The number of nitrogens with zero attached hydrogens (tertiary/aromatic N) is 3. The van der Waals surface area contributed by atoms with Gasteiger partial charge in [0.05, 0.1) is 55.1 Å². The minimum Gasteiger partial charge on any atom is -0.510 e. The third-order valence-corrected chi connectivity index (χ3v) is 11.7. The van der Waals surface area contributed by atoms with Crippen LogP contribution in [0.15, 0.2) is 119 Å². The highest BCUT2D eigenvalue weighted by molar-refractivity contribution is 6.24. The number of ether oxygens (including phenoxy) is 4. The van der Waals surface area contributed by atoms with Crippen molar-refractivity contribution in [2.45, 2.75) is 92.4 Å². The number of carbonyl (C=O) groups is 3. The van der Waals surface area contributed by atoms with E-state index in [1.807, 2.05) is 45.1 Å². The van der Waals surface area contributed by atoms with Crippen molar-refractivity contribution in [3.8, 4) is 0 Å². The van der Waals surface area contributed by atoms with Gasteiger partial charge in [0.25, 0.3) is 0 Å². The minimum atomic E-state index is -1.12. The topological polar surface area (TPSA) is 157 Å². The molecule has 1 aliphatic carbocycles. The number of hydrogen-bond acceptors (Lipinski definition) is 12. The zero-order valence-corrected chi connectivity index (χ0v) is 34.2. The number of aliphatic hydroxyl groups excluding tert-OH is 1. The quantitative estimate of drug-likeness (QED) is 0.0718. The Hall–Kier alpha value is -5.52. The van der Waals surface area contributed by atoms with Crippen molar-refractivity contribution in [2.24, 2.45) is 32.7 Å². The Kier molecular flexibility index (Phi) is 12.8. The van der Waals surface area contributed by atoms with Gasteiger partial charge in [0.1, 0.15) is 18.3 Å². The molecule has 0 aromatic rings. The maximum atomic E-state index is 14.2. The molecule has 12 heteroatoms. The van der Waals surface area contributed by atoms with Gasteiger partial charge in [0.2, 0.25) is 0 Å². The Bertz CT molecular complexity index is 2110. The minimum absolute atomic E-state index is 0.0595. The lowest BCUT2D eigenvalue weighted by atomic mass is 9.84. The van der Waals surface area contributed by atoms with Crippen molar-refractivity contribution in [1.82, 2.24) is 5.32 Å². The zero-order chi connectivity index (χ0) is 41.0. The van der Waals surface area contributed by atoms with Gasteiger partial charge in [0, 0.05) is 46.4 Å². The molecule has 0 saturated carbocycles. The lowest BCUT2D eigenvalue weighted by Crippen LogP contribution is -2.26.